The number of ether oxygens (including phenoxy) is 2. The zero-order chi connectivity index (χ0) is 27.7. The van der Waals surface area contributed by atoms with Crippen molar-refractivity contribution in [2.75, 3.05) is 13.2 Å². The van der Waals surface area contributed by atoms with Gasteiger partial charge in [-0.05, 0) is 66.1 Å². The number of hydrogen-bond donors (Lipinski definition) is 0. The molecule has 1 heterocycles. The highest BCUT2D eigenvalue weighted by molar-refractivity contribution is 5.88. The van der Waals surface area contributed by atoms with Crippen LogP contribution in [0.5, 0.6) is 11.5 Å². The number of nitrogens with zero attached hydrogens (tertiary/aromatic N) is 1. The summed E-state index contributed by atoms with van der Waals surface area (Å²) in [6.45, 7) is 1.56. The lowest BCUT2D eigenvalue weighted by molar-refractivity contribution is -0.153. The highest BCUT2D eigenvalue weighted by Gasteiger charge is 2.28. The van der Waals surface area contributed by atoms with E-state index in [2.05, 4.69) is 11.9 Å². The molecule has 0 amide bonds. The van der Waals surface area contributed by atoms with Crippen LogP contribution in [0.3, 0.4) is 0 Å². The normalized spacial score (nSPS) is 11.6. The lowest BCUT2D eigenvalue weighted by atomic mass is 9.98. The van der Waals surface area contributed by atoms with E-state index in [1.807, 2.05) is 30.3 Å². The van der Waals surface area contributed by atoms with E-state index in [4.69, 9.17) is 9.47 Å². The van der Waals surface area contributed by atoms with Gasteiger partial charge in [0.05, 0.1) is 18.5 Å². The zero-order valence-corrected chi connectivity index (χ0v) is 22.1. The number of alkyl halides is 3. The van der Waals surface area contributed by atoms with Crippen molar-refractivity contribution in [3.8, 4) is 22.8 Å². The van der Waals surface area contributed by atoms with E-state index in [1.54, 1.807) is 30.5 Å². The molecule has 0 saturated heterocycles. The summed E-state index contributed by atoms with van der Waals surface area (Å²) in [6, 6.07) is 19.5. The van der Waals surface area contributed by atoms with Crippen molar-refractivity contribution < 1.29 is 27.0 Å². The fraction of sp³-hybridized carbons (Fsp3) is 0.344. The van der Waals surface area contributed by atoms with Gasteiger partial charge in [-0.1, -0.05) is 69.0 Å². The predicted octanol–water partition coefficient (Wildman–Crippen LogP) is 9.12. The summed E-state index contributed by atoms with van der Waals surface area (Å²) in [5, 5.41) is 1.32. The van der Waals surface area contributed by atoms with Crippen LogP contribution in [0, 0.1) is 5.82 Å². The molecule has 0 spiro atoms. The molecule has 0 atom stereocenters. The van der Waals surface area contributed by atoms with Crippen LogP contribution >= 0.6 is 0 Å². The van der Waals surface area contributed by atoms with E-state index in [1.165, 1.54) is 37.8 Å². The number of halogens is 4. The SMILES string of the molecule is CCCCCCCOc1ccc(-c2ccc3c(F)c(CCc4ccc(OCC(F)(F)F)cc4)ccc3c2)nc1. The predicted molar refractivity (Wildman–Crippen MR) is 147 cm³/mol. The molecule has 4 rings (SSSR count). The van der Waals surface area contributed by atoms with Gasteiger partial charge in [-0.3, -0.25) is 4.98 Å². The summed E-state index contributed by atoms with van der Waals surface area (Å²) in [5.41, 5.74) is 3.16. The van der Waals surface area contributed by atoms with Crippen LogP contribution in [0.2, 0.25) is 0 Å². The quantitative estimate of drug-likeness (QED) is 0.125. The maximum absolute atomic E-state index is 15.3. The maximum Gasteiger partial charge on any atom is 0.422 e. The van der Waals surface area contributed by atoms with E-state index >= 15 is 4.39 Å². The van der Waals surface area contributed by atoms with Crippen LogP contribution in [-0.2, 0) is 12.8 Å². The Morgan fingerprint density at radius 2 is 1.54 bits per heavy atom. The molecule has 7 heteroatoms. The van der Waals surface area contributed by atoms with Crippen LogP contribution in [-0.4, -0.2) is 24.4 Å². The average molecular weight is 540 g/mol. The second-order valence-corrected chi connectivity index (χ2v) is 9.66. The van der Waals surface area contributed by atoms with Gasteiger partial charge in [0, 0.05) is 10.9 Å². The van der Waals surface area contributed by atoms with Gasteiger partial charge in [-0.2, -0.15) is 13.2 Å². The molecule has 3 nitrogen and oxygen atoms in total. The Hall–Kier alpha value is -3.61. The summed E-state index contributed by atoms with van der Waals surface area (Å²) in [4.78, 5) is 4.53. The van der Waals surface area contributed by atoms with Gasteiger partial charge >= 0.3 is 6.18 Å². The standard InChI is InChI=1S/C32H33F4NO2/c1-2-3-4-5-6-19-38-28-16-18-30(37-21-28)26-13-17-29-25(20-26)12-11-24(31(29)33)10-7-23-8-14-27(15-9-23)39-22-32(34,35)36/h8-9,11-18,20-21H,2-7,10,19,22H2,1H3. The highest BCUT2D eigenvalue weighted by atomic mass is 19.4. The van der Waals surface area contributed by atoms with Crippen LogP contribution < -0.4 is 9.47 Å². The molecule has 0 fully saturated rings. The summed E-state index contributed by atoms with van der Waals surface area (Å²) in [6.07, 6.45) is 4.30. The van der Waals surface area contributed by atoms with Crippen molar-refractivity contribution in [2.45, 2.75) is 58.0 Å². The van der Waals surface area contributed by atoms with Crippen molar-refractivity contribution in [1.29, 1.82) is 0 Å². The fourth-order valence-electron chi connectivity index (χ4n) is 4.42. The first-order valence-corrected chi connectivity index (χ1v) is 13.4. The molecule has 0 saturated carbocycles. The fourth-order valence-corrected chi connectivity index (χ4v) is 4.42. The van der Waals surface area contributed by atoms with Crippen molar-refractivity contribution in [2.24, 2.45) is 0 Å². The molecule has 4 aromatic rings. The Balaban J connectivity index is 1.35. The molecule has 0 radical (unpaired) electrons. The topological polar surface area (TPSA) is 31.4 Å². The Morgan fingerprint density at radius 3 is 2.26 bits per heavy atom. The first-order chi connectivity index (χ1) is 18.8. The zero-order valence-electron chi connectivity index (χ0n) is 22.1. The molecule has 0 N–H and O–H groups in total. The van der Waals surface area contributed by atoms with Crippen molar-refractivity contribution >= 4 is 10.8 Å². The maximum atomic E-state index is 15.3. The van der Waals surface area contributed by atoms with E-state index in [0.29, 0.717) is 30.4 Å². The summed E-state index contributed by atoms with van der Waals surface area (Å²) in [7, 11) is 0. The number of benzene rings is 3. The number of pyridine rings is 1. The van der Waals surface area contributed by atoms with Crippen molar-refractivity contribution in [1.82, 2.24) is 4.98 Å². The van der Waals surface area contributed by atoms with E-state index in [0.717, 1.165) is 34.4 Å². The smallest absolute Gasteiger partial charge is 0.422 e. The summed E-state index contributed by atoms with van der Waals surface area (Å²) >= 11 is 0. The van der Waals surface area contributed by atoms with Gasteiger partial charge in [0.1, 0.15) is 17.3 Å². The Kier molecular flexibility index (Phi) is 9.79. The highest BCUT2D eigenvalue weighted by Crippen LogP contribution is 2.28. The molecule has 39 heavy (non-hydrogen) atoms. The van der Waals surface area contributed by atoms with Gasteiger partial charge in [-0.15, -0.1) is 0 Å². The summed E-state index contributed by atoms with van der Waals surface area (Å²) in [5.74, 6) is 0.632. The minimum absolute atomic E-state index is 0.151. The number of unbranched alkanes of at least 4 members (excludes halogenated alkanes) is 4. The number of aryl methyl sites for hydroxylation is 2. The largest absolute Gasteiger partial charge is 0.492 e. The van der Waals surface area contributed by atoms with E-state index < -0.39 is 12.8 Å². The molecule has 0 aliphatic rings. The van der Waals surface area contributed by atoms with Crippen LogP contribution in [0.15, 0.2) is 72.9 Å². The molecular formula is C32H33F4NO2. The molecule has 0 unspecified atom stereocenters. The van der Waals surface area contributed by atoms with E-state index in [-0.39, 0.29) is 11.6 Å². The van der Waals surface area contributed by atoms with Gasteiger partial charge in [0.25, 0.3) is 0 Å². The van der Waals surface area contributed by atoms with Gasteiger partial charge in [0.15, 0.2) is 6.61 Å². The van der Waals surface area contributed by atoms with Gasteiger partial charge in [-0.25, -0.2) is 4.39 Å². The van der Waals surface area contributed by atoms with Gasteiger partial charge in [0.2, 0.25) is 0 Å². The van der Waals surface area contributed by atoms with Crippen LogP contribution in [0.4, 0.5) is 17.6 Å². The Bertz CT molecular complexity index is 1340. The molecule has 0 bridgehead atoms. The number of aromatic nitrogens is 1. The van der Waals surface area contributed by atoms with Crippen LogP contribution in [0.25, 0.3) is 22.0 Å². The number of fused-ring (bicyclic) bond motifs is 1. The monoisotopic (exact) mass is 539 g/mol. The minimum Gasteiger partial charge on any atom is -0.492 e. The third-order valence-electron chi connectivity index (χ3n) is 6.59. The Labute approximate surface area is 226 Å². The third kappa shape index (κ3) is 8.44. The molecule has 0 aliphatic heterocycles. The molecule has 3 aromatic carbocycles. The first-order valence-electron chi connectivity index (χ1n) is 13.4. The second kappa shape index (κ2) is 13.5. The second-order valence-electron chi connectivity index (χ2n) is 9.66. The molecular weight excluding hydrogens is 506 g/mol. The lowest BCUT2D eigenvalue weighted by Gasteiger charge is -2.11. The molecule has 206 valence electrons. The lowest BCUT2D eigenvalue weighted by Crippen LogP contribution is -2.19. The number of hydrogen-bond acceptors (Lipinski definition) is 3. The van der Waals surface area contributed by atoms with Gasteiger partial charge < -0.3 is 9.47 Å². The summed E-state index contributed by atoms with van der Waals surface area (Å²) < 4.78 is 62.8. The first kappa shape index (κ1) is 28.4. The van der Waals surface area contributed by atoms with Crippen LogP contribution in [0.1, 0.15) is 50.2 Å². The van der Waals surface area contributed by atoms with Crippen molar-refractivity contribution in [3.05, 3.63) is 89.9 Å². The van der Waals surface area contributed by atoms with E-state index in [9.17, 15) is 13.2 Å². The third-order valence-corrected chi connectivity index (χ3v) is 6.59. The minimum atomic E-state index is -4.38. The Morgan fingerprint density at radius 1 is 0.769 bits per heavy atom. The number of rotatable bonds is 13. The van der Waals surface area contributed by atoms with Crippen molar-refractivity contribution in [3.63, 3.8) is 0 Å². The average Bonchev–Trinajstić information content (AvgIpc) is 2.94. The molecule has 1 aromatic heterocycles. The molecule has 0 aliphatic carbocycles.